The van der Waals surface area contributed by atoms with E-state index >= 15 is 0 Å². The van der Waals surface area contributed by atoms with Crippen molar-refractivity contribution in [1.29, 1.82) is 0 Å². The monoisotopic (exact) mass is 368 g/mol. The Morgan fingerprint density at radius 3 is 2.48 bits per heavy atom. The van der Waals surface area contributed by atoms with Crippen molar-refractivity contribution >= 4 is 5.69 Å². The van der Waals surface area contributed by atoms with Crippen molar-refractivity contribution in [2.24, 2.45) is 0 Å². The van der Waals surface area contributed by atoms with Crippen LogP contribution in [0.2, 0.25) is 0 Å². The summed E-state index contributed by atoms with van der Waals surface area (Å²) in [6.45, 7) is 3.79. The fraction of sp³-hybridized carbons (Fsp3) is 0.300. The molecule has 0 amide bonds. The van der Waals surface area contributed by atoms with Gasteiger partial charge >= 0.3 is 0 Å². The van der Waals surface area contributed by atoms with Gasteiger partial charge < -0.3 is 14.2 Å². The average Bonchev–Trinajstić information content (AvgIpc) is 3.18. The van der Waals surface area contributed by atoms with Crippen LogP contribution < -0.4 is 9.64 Å². The third-order valence-corrected chi connectivity index (χ3v) is 4.74. The first-order valence-electron chi connectivity index (χ1n) is 8.92. The Morgan fingerprint density at radius 1 is 1.04 bits per heavy atom. The molecular formula is C20H21FN4O2. The first-order valence-corrected chi connectivity index (χ1v) is 8.92. The maximum absolute atomic E-state index is 13.9. The highest BCUT2D eigenvalue weighted by Crippen LogP contribution is 2.22. The lowest BCUT2D eigenvalue weighted by Crippen LogP contribution is -2.46. The van der Waals surface area contributed by atoms with E-state index < -0.39 is 0 Å². The van der Waals surface area contributed by atoms with Crippen molar-refractivity contribution in [3.8, 4) is 17.2 Å². The van der Waals surface area contributed by atoms with Gasteiger partial charge in [0, 0.05) is 31.7 Å². The Labute approximate surface area is 157 Å². The summed E-state index contributed by atoms with van der Waals surface area (Å²) in [6, 6.07) is 14.4. The maximum atomic E-state index is 13.9. The van der Waals surface area contributed by atoms with E-state index in [1.54, 1.807) is 13.2 Å². The maximum Gasteiger partial charge on any atom is 0.257 e. The average molecular weight is 368 g/mol. The summed E-state index contributed by atoms with van der Waals surface area (Å²) >= 11 is 0. The van der Waals surface area contributed by atoms with E-state index in [-0.39, 0.29) is 5.82 Å². The van der Waals surface area contributed by atoms with E-state index in [0.717, 1.165) is 37.5 Å². The minimum absolute atomic E-state index is 0.173. The lowest BCUT2D eigenvalue weighted by molar-refractivity contribution is 0.239. The number of hydrogen-bond donors (Lipinski definition) is 0. The van der Waals surface area contributed by atoms with Gasteiger partial charge in [-0.05, 0) is 36.4 Å². The Morgan fingerprint density at radius 2 is 1.78 bits per heavy atom. The van der Waals surface area contributed by atoms with Gasteiger partial charge in [-0.1, -0.05) is 17.3 Å². The molecule has 1 fully saturated rings. The standard InChI is InChI=1S/C20H21FN4O2/c1-26-16-8-6-15(7-9-16)20-22-19(23-27-20)14-24-10-12-25(13-11-24)18-5-3-2-4-17(18)21/h2-9H,10-14H2,1H3. The van der Waals surface area contributed by atoms with Crippen LogP contribution in [0.25, 0.3) is 11.5 Å². The molecule has 1 aromatic heterocycles. The van der Waals surface area contributed by atoms with Crippen molar-refractivity contribution < 1.29 is 13.7 Å². The molecule has 0 atom stereocenters. The fourth-order valence-electron chi connectivity index (χ4n) is 3.22. The molecule has 0 spiro atoms. The topological polar surface area (TPSA) is 54.6 Å². The van der Waals surface area contributed by atoms with E-state index in [2.05, 4.69) is 19.9 Å². The number of nitrogens with zero attached hydrogens (tertiary/aromatic N) is 4. The molecule has 6 nitrogen and oxygen atoms in total. The van der Waals surface area contributed by atoms with Crippen LogP contribution in [0.5, 0.6) is 5.75 Å². The molecule has 27 heavy (non-hydrogen) atoms. The van der Waals surface area contributed by atoms with Crippen LogP contribution in [0.15, 0.2) is 53.1 Å². The number of halogens is 1. The molecule has 1 aliphatic rings. The van der Waals surface area contributed by atoms with Gasteiger partial charge in [0.2, 0.25) is 0 Å². The number of benzene rings is 2. The highest BCUT2D eigenvalue weighted by Gasteiger charge is 2.21. The largest absolute Gasteiger partial charge is 0.497 e. The molecule has 0 aliphatic carbocycles. The number of ether oxygens (including phenoxy) is 1. The van der Waals surface area contributed by atoms with Crippen molar-refractivity contribution in [3.05, 3.63) is 60.2 Å². The molecule has 0 N–H and O–H groups in total. The lowest BCUT2D eigenvalue weighted by atomic mass is 10.2. The van der Waals surface area contributed by atoms with E-state index in [0.29, 0.717) is 23.9 Å². The zero-order valence-electron chi connectivity index (χ0n) is 15.1. The smallest absolute Gasteiger partial charge is 0.257 e. The van der Waals surface area contributed by atoms with Gasteiger partial charge in [0.1, 0.15) is 11.6 Å². The normalized spacial score (nSPS) is 15.1. The predicted octanol–water partition coefficient (Wildman–Crippen LogP) is 3.21. The Hall–Kier alpha value is -2.93. The molecule has 0 saturated carbocycles. The van der Waals surface area contributed by atoms with Gasteiger partial charge in [-0.25, -0.2) is 4.39 Å². The van der Waals surface area contributed by atoms with Crippen molar-refractivity contribution in [2.45, 2.75) is 6.54 Å². The molecule has 2 heterocycles. The first kappa shape index (κ1) is 17.5. The lowest BCUT2D eigenvalue weighted by Gasteiger charge is -2.35. The van der Waals surface area contributed by atoms with Gasteiger partial charge in [0.15, 0.2) is 5.82 Å². The summed E-state index contributed by atoms with van der Waals surface area (Å²) in [5.41, 5.74) is 1.53. The molecule has 4 rings (SSSR count). The molecule has 7 heteroatoms. The van der Waals surface area contributed by atoms with Crippen LogP contribution in [-0.2, 0) is 6.54 Å². The highest BCUT2D eigenvalue weighted by molar-refractivity contribution is 5.54. The summed E-state index contributed by atoms with van der Waals surface area (Å²) in [7, 11) is 1.63. The molecule has 0 radical (unpaired) electrons. The second kappa shape index (κ2) is 7.75. The molecule has 140 valence electrons. The SMILES string of the molecule is COc1ccc(-c2nc(CN3CCN(c4ccccc4F)CC3)no2)cc1. The Bertz CT molecular complexity index is 889. The molecule has 2 aromatic carbocycles. The zero-order valence-corrected chi connectivity index (χ0v) is 15.1. The number of anilines is 1. The second-order valence-corrected chi connectivity index (χ2v) is 6.46. The molecule has 1 aliphatic heterocycles. The number of piperazine rings is 1. The van der Waals surface area contributed by atoms with Gasteiger partial charge in [-0.2, -0.15) is 4.98 Å². The minimum atomic E-state index is -0.173. The van der Waals surface area contributed by atoms with Gasteiger partial charge in [-0.3, -0.25) is 4.90 Å². The van der Waals surface area contributed by atoms with Crippen molar-refractivity contribution in [1.82, 2.24) is 15.0 Å². The van der Waals surface area contributed by atoms with Crippen LogP contribution in [0.4, 0.5) is 10.1 Å². The van der Waals surface area contributed by atoms with Crippen LogP contribution in [0, 0.1) is 5.82 Å². The van der Waals surface area contributed by atoms with E-state index in [9.17, 15) is 4.39 Å². The third-order valence-electron chi connectivity index (χ3n) is 4.74. The van der Waals surface area contributed by atoms with Gasteiger partial charge in [0.05, 0.1) is 19.3 Å². The van der Waals surface area contributed by atoms with Crippen LogP contribution in [-0.4, -0.2) is 48.3 Å². The van der Waals surface area contributed by atoms with Crippen LogP contribution in [0.1, 0.15) is 5.82 Å². The molecule has 0 bridgehead atoms. The Balaban J connectivity index is 1.35. The molecule has 1 saturated heterocycles. The first-order chi connectivity index (χ1) is 13.2. The summed E-state index contributed by atoms with van der Waals surface area (Å²) in [4.78, 5) is 8.81. The highest BCUT2D eigenvalue weighted by atomic mass is 19.1. The van der Waals surface area contributed by atoms with Gasteiger partial charge in [-0.15, -0.1) is 0 Å². The number of methoxy groups -OCH3 is 1. The number of para-hydroxylation sites is 1. The second-order valence-electron chi connectivity index (χ2n) is 6.46. The summed E-state index contributed by atoms with van der Waals surface area (Å²) in [5, 5.41) is 4.09. The molecule has 0 unspecified atom stereocenters. The summed E-state index contributed by atoms with van der Waals surface area (Å²) < 4.78 is 24.5. The minimum Gasteiger partial charge on any atom is -0.497 e. The number of rotatable bonds is 5. The van der Waals surface area contributed by atoms with E-state index in [4.69, 9.17) is 9.26 Å². The van der Waals surface area contributed by atoms with E-state index in [1.807, 2.05) is 36.4 Å². The predicted molar refractivity (Wildman–Crippen MR) is 100 cm³/mol. The van der Waals surface area contributed by atoms with Crippen molar-refractivity contribution in [3.63, 3.8) is 0 Å². The summed E-state index contributed by atoms with van der Waals surface area (Å²) in [5.74, 6) is 1.76. The fourth-order valence-corrected chi connectivity index (χ4v) is 3.22. The van der Waals surface area contributed by atoms with Crippen LogP contribution in [0.3, 0.4) is 0 Å². The summed E-state index contributed by atoms with van der Waals surface area (Å²) in [6.07, 6.45) is 0. The van der Waals surface area contributed by atoms with E-state index in [1.165, 1.54) is 6.07 Å². The quantitative estimate of drug-likeness (QED) is 0.689. The third kappa shape index (κ3) is 3.93. The molecule has 3 aromatic rings. The number of aromatic nitrogens is 2. The Kier molecular flexibility index (Phi) is 5.02. The number of hydrogen-bond acceptors (Lipinski definition) is 6. The van der Waals surface area contributed by atoms with Crippen LogP contribution >= 0.6 is 0 Å². The van der Waals surface area contributed by atoms with Gasteiger partial charge in [0.25, 0.3) is 5.89 Å². The van der Waals surface area contributed by atoms with Crippen molar-refractivity contribution in [2.75, 3.05) is 38.2 Å². The molecular weight excluding hydrogens is 347 g/mol. The zero-order chi connectivity index (χ0) is 18.6.